The first-order valence-corrected chi connectivity index (χ1v) is 18.4. The molecule has 11 heteroatoms. The van der Waals surface area contributed by atoms with Crippen molar-refractivity contribution in [3.05, 3.63) is 64.7 Å². The summed E-state index contributed by atoms with van der Waals surface area (Å²) < 4.78 is 23.6. The van der Waals surface area contributed by atoms with E-state index in [1.807, 2.05) is 29.0 Å². The van der Waals surface area contributed by atoms with E-state index >= 15 is 0 Å². The Morgan fingerprint density at radius 2 is 1.83 bits per heavy atom. The first-order valence-electron chi connectivity index (χ1n) is 16.1. The highest BCUT2D eigenvalue weighted by atomic mass is 33.1. The molecule has 2 aliphatic heterocycles. The fourth-order valence-corrected chi connectivity index (χ4v) is 10.7. The third-order valence-electron chi connectivity index (χ3n) is 9.99. The van der Waals surface area contributed by atoms with Crippen molar-refractivity contribution in [2.75, 3.05) is 33.2 Å². The molecule has 5 N–H and O–H groups in total. The second kappa shape index (κ2) is 13.3. The second-order valence-corrected chi connectivity index (χ2v) is 15.3. The number of rotatable bonds is 6. The van der Waals surface area contributed by atoms with E-state index in [1.165, 1.54) is 20.3 Å². The number of ether oxygens (including phenoxy) is 4. The summed E-state index contributed by atoms with van der Waals surface area (Å²) in [6, 6.07) is 8.81. The normalized spacial score (nSPS) is 26.1. The van der Waals surface area contributed by atoms with Crippen molar-refractivity contribution in [3.8, 4) is 51.4 Å². The van der Waals surface area contributed by atoms with Crippen LogP contribution in [0.25, 0.3) is 11.1 Å². The minimum atomic E-state index is -1.08. The Bertz CT molecular complexity index is 1690. The molecule has 6 atom stereocenters. The highest BCUT2D eigenvalue weighted by Gasteiger charge is 2.45. The summed E-state index contributed by atoms with van der Waals surface area (Å²) in [7, 11) is 6.31. The van der Waals surface area contributed by atoms with Gasteiger partial charge in [-0.25, -0.2) is 0 Å². The van der Waals surface area contributed by atoms with E-state index in [2.05, 4.69) is 12.2 Å². The van der Waals surface area contributed by atoms with Crippen LogP contribution in [-0.2, 0) is 6.42 Å². The molecular weight excluding hydrogens is 641 g/mol. The van der Waals surface area contributed by atoms with Crippen LogP contribution in [0, 0.1) is 5.92 Å². The average molecular weight is 681 g/mol. The zero-order valence-corrected chi connectivity index (χ0v) is 28.0. The van der Waals surface area contributed by atoms with Gasteiger partial charge in [0.1, 0.15) is 30.0 Å². The Hall–Kier alpha value is -3.38. The summed E-state index contributed by atoms with van der Waals surface area (Å²) in [5.74, 6) is 1.41. The molecule has 0 radical (unpaired) electrons. The Kier molecular flexibility index (Phi) is 9.08. The molecule has 3 aromatic rings. The van der Waals surface area contributed by atoms with Gasteiger partial charge in [-0.3, -0.25) is 0 Å². The van der Waals surface area contributed by atoms with Crippen LogP contribution in [0.2, 0.25) is 0 Å². The molecule has 4 bridgehead atoms. The minimum absolute atomic E-state index is 0.0766. The van der Waals surface area contributed by atoms with Gasteiger partial charge in [0.25, 0.3) is 0 Å². The van der Waals surface area contributed by atoms with Crippen LogP contribution in [0.5, 0.6) is 40.2 Å². The van der Waals surface area contributed by atoms with Gasteiger partial charge >= 0.3 is 0 Å². The summed E-state index contributed by atoms with van der Waals surface area (Å²) in [6.45, 7) is -0.0968. The fraction of sp³-hybridized carbons (Fsp3) is 0.444. The van der Waals surface area contributed by atoms with E-state index in [-0.39, 0.29) is 53.4 Å². The number of fused-ring (bicyclic) bond motifs is 6. The molecule has 250 valence electrons. The van der Waals surface area contributed by atoms with Crippen molar-refractivity contribution < 1.29 is 44.5 Å². The summed E-state index contributed by atoms with van der Waals surface area (Å²) in [4.78, 5) is 0. The van der Waals surface area contributed by atoms with E-state index in [1.54, 1.807) is 16.9 Å². The number of hydrogen-bond acceptors (Lipinski definition) is 11. The summed E-state index contributed by atoms with van der Waals surface area (Å²) in [5.41, 5.74) is 5.12. The lowest BCUT2D eigenvalue weighted by molar-refractivity contribution is 0.00293. The van der Waals surface area contributed by atoms with Crippen LogP contribution in [0.4, 0.5) is 0 Å². The largest absolute Gasteiger partial charge is 0.508 e. The molecule has 2 heterocycles. The number of aromatic hydroxyl groups is 3. The molecule has 0 unspecified atom stereocenters. The number of phenolic OH excluding ortho intramolecular Hbond substituents is 3. The van der Waals surface area contributed by atoms with Gasteiger partial charge in [-0.1, -0.05) is 39.8 Å². The maximum Gasteiger partial charge on any atom is 0.207 e. The summed E-state index contributed by atoms with van der Waals surface area (Å²) in [6.07, 6.45) is 7.36. The van der Waals surface area contributed by atoms with Crippen molar-refractivity contribution >= 4 is 21.6 Å². The van der Waals surface area contributed by atoms with Gasteiger partial charge in [-0.15, -0.1) is 0 Å². The van der Waals surface area contributed by atoms with Gasteiger partial charge in [-0.05, 0) is 78.8 Å². The zero-order chi connectivity index (χ0) is 32.8. The first-order chi connectivity index (χ1) is 22.8. The number of aliphatic hydroxyl groups excluding tert-OH is 2. The van der Waals surface area contributed by atoms with Crippen molar-refractivity contribution in [2.45, 2.75) is 61.4 Å². The number of hydrogen-bond donors (Lipinski definition) is 5. The van der Waals surface area contributed by atoms with Crippen LogP contribution in [0.3, 0.4) is 0 Å². The molecule has 4 aliphatic rings. The molecule has 0 aromatic heterocycles. The van der Waals surface area contributed by atoms with Crippen LogP contribution in [0.15, 0.2) is 42.5 Å². The molecule has 0 fully saturated rings. The van der Waals surface area contributed by atoms with E-state index in [4.69, 9.17) is 18.9 Å². The molecule has 9 nitrogen and oxygen atoms in total. The van der Waals surface area contributed by atoms with Gasteiger partial charge in [0.2, 0.25) is 11.5 Å². The molecule has 0 spiro atoms. The van der Waals surface area contributed by atoms with E-state index in [0.29, 0.717) is 34.8 Å². The molecule has 3 aromatic carbocycles. The second-order valence-electron chi connectivity index (χ2n) is 12.7. The topological polar surface area (TPSA) is 138 Å². The van der Waals surface area contributed by atoms with Crippen molar-refractivity contribution in [3.63, 3.8) is 0 Å². The maximum atomic E-state index is 12.2. The van der Waals surface area contributed by atoms with Gasteiger partial charge in [-0.2, -0.15) is 0 Å². The van der Waals surface area contributed by atoms with Gasteiger partial charge in [0.05, 0.1) is 20.8 Å². The molecule has 7 rings (SSSR count). The van der Waals surface area contributed by atoms with Gasteiger partial charge in [0.15, 0.2) is 17.6 Å². The third-order valence-corrected chi connectivity index (χ3v) is 12.8. The number of phenols is 3. The predicted molar refractivity (Wildman–Crippen MR) is 182 cm³/mol. The predicted octanol–water partition coefficient (Wildman–Crippen LogP) is 6.59. The summed E-state index contributed by atoms with van der Waals surface area (Å²) in [5, 5.41) is 54.9. The molecule has 47 heavy (non-hydrogen) atoms. The first kappa shape index (κ1) is 32.2. The highest BCUT2D eigenvalue weighted by molar-refractivity contribution is 8.77. The standard InChI is InChI=1S/C36H40O9S2/c1-42-29-15-25(32(39)36(43-2)34(29)41)35-33(40)26-17-46-47-21-5-3-4-18(12-21)6-7-19-13-24-30(22-9-8-20(38)14-23(19)22)27(44-11-10-37)16-28(45-35)31(24)26/h3,5,8-9,14-16,18-19,21,26,33,35,37-41H,4,6-7,10-13,17H2,1-2H3/t18-,19-,21+,26-,33-,35-/m1/s1. The van der Waals surface area contributed by atoms with Crippen LogP contribution >= 0.6 is 21.6 Å². The highest BCUT2D eigenvalue weighted by Crippen LogP contribution is 2.58. The lowest BCUT2D eigenvalue weighted by Crippen LogP contribution is -2.37. The molecular formula is C36H40O9S2. The van der Waals surface area contributed by atoms with E-state index < -0.39 is 18.1 Å². The lowest BCUT2D eigenvalue weighted by atomic mass is 9.71. The van der Waals surface area contributed by atoms with Gasteiger partial charge < -0.3 is 44.5 Å². The smallest absolute Gasteiger partial charge is 0.207 e. The number of allylic oxidation sites excluding steroid dienone is 1. The van der Waals surface area contributed by atoms with Crippen molar-refractivity contribution in [1.29, 1.82) is 0 Å². The fourth-order valence-electron chi connectivity index (χ4n) is 7.80. The van der Waals surface area contributed by atoms with Crippen LogP contribution in [-0.4, -0.2) is 70.1 Å². The Labute approximate surface area is 281 Å². The third kappa shape index (κ3) is 5.75. The van der Waals surface area contributed by atoms with E-state index in [0.717, 1.165) is 53.5 Å². The SMILES string of the molecule is COc1cc([C@H]2Oc3cc(OCCO)c4c5c3[C@@H](CSS[C@H]3C=CC[C@H](CC[C@H](C5)c5cc(O)ccc5-4)C3)[C@H]2O)c(O)c(OC)c1O. The number of aliphatic hydroxyl groups is 2. The lowest BCUT2D eigenvalue weighted by Gasteiger charge is -2.41. The quantitative estimate of drug-likeness (QED) is 0.142. The Morgan fingerprint density at radius 3 is 2.62 bits per heavy atom. The van der Waals surface area contributed by atoms with Crippen molar-refractivity contribution in [1.82, 2.24) is 0 Å². The average Bonchev–Trinajstić information content (AvgIpc) is 3.08. The molecule has 0 saturated heterocycles. The monoisotopic (exact) mass is 680 g/mol. The number of methoxy groups -OCH3 is 2. The minimum Gasteiger partial charge on any atom is -0.508 e. The van der Waals surface area contributed by atoms with Crippen molar-refractivity contribution in [2.24, 2.45) is 5.92 Å². The zero-order valence-electron chi connectivity index (χ0n) is 26.3. The molecule has 0 saturated carbocycles. The van der Waals surface area contributed by atoms with Crippen LogP contribution < -0.4 is 18.9 Å². The van der Waals surface area contributed by atoms with Gasteiger partial charge in [0, 0.05) is 39.7 Å². The number of benzene rings is 3. The molecule has 0 amide bonds. The summed E-state index contributed by atoms with van der Waals surface area (Å²) >= 11 is 0. The Balaban J connectivity index is 1.44. The Morgan fingerprint density at radius 1 is 0.979 bits per heavy atom. The van der Waals surface area contributed by atoms with Crippen LogP contribution in [0.1, 0.15) is 65.9 Å². The van der Waals surface area contributed by atoms with E-state index in [9.17, 15) is 25.5 Å². The maximum absolute atomic E-state index is 12.2. The molecule has 2 aliphatic carbocycles.